The van der Waals surface area contributed by atoms with E-state index in [1.807, 2.05) is 12.4 Å². The molecule has 19 heavy (non-hydrogen) atoms. The number of likely N-dealkylation sites (tertiary alicyclic amines) is 1. The lowest BCUT2D eigenvalue weighted by Gasteiger charge is -2.32. The van der Waals surface area contributed by atoms with E-state index >= 15 is 0 Å². The Hall–Kier alpha value is -0.970. The van der Waals surface area contributed by atoms with Gasteiger partial charge in [0.15, 0.2) is 0 Å². The molecule has 0 aliphatic carbocycles. The van der Waals surface area contributed by atoms with Gasteiger partial charge in [-0.3, -0.25) is 9.88 Å². The quantitative estimate of drug-likeness (QED) is 0.850. The van der Waals surface area contributed by atoms with E-state index in [1.165, 1.54) is 12.0 Å². The highest BCUT2D eigenvalue weighted by Crippen LogP contribution is 2.30. The van der Waals surface area contributed by atoms with Crippen LogP contribution >= 0.6 is 0 Å². The molecule has 3 atom stereocenters. The highest BCUT2D eigenvalue weighted by molar-refractivity contribution is 5.18. The minimum Gasteiger partial charge on any atom is -0.384 e. The van der Waals surface area contributed by atoms with Gasteiger partial charge < -0.3 is 10.5 Å². The highest BCUT2D eigenvalue weighted by Gasteiger charge is 2.31. The molecule has 2 rings (SSSR count). The van der Waals surface area contributed by atoms with E-state index in [4.69, 9.17) is 10.5 Å². The van der Waals surface area contributed by atoms with Gasteiger partial charge in [0.2, 0.25) is 0 Å². The smallest absolute Gasteiger partial charge is 0.0503 e. The number of nitrogens with zero attached hydrogens (tertiary/aromatic N) is 2. The second kappa shape index (κ2) is 6.98. The highest BCUT2D eigenvalue weighted by atomic mass is 16.5. The molecule has 3 unspecified atom stereocenters. The van der Waals surface area contributed by atoms with Crippen LogP contribution in [0.3, 0.4) is 0 Å². The van der Waals surface area contributed by atoms with Crippen LogP contribution in [0.2, 0.25) is 0 Å². The van der Waals surface area contributed by atoms with Crippen LogP contribution in [0.25, 0.3) is 0 Å². The first-order valence-corrected chi connectivity index (χ1v) is 7.14. The Labute approximate surface area is 116 Å². The molecule has 1 aromatic rings. The SMILES string of the molecule is CCC(N)C(c1ccncc1)N1CCC(COC)C1. The lowest BCUT2D eigenvalue weighted by Crippen LogP contribution is -2.40. The summed E-state index contributed by atoms with van der Waals surface area (Å²) in [5.74, 6) is 0.637. The molecule has 106 valence electrons. The summed E-state index contributed by atoms with van der Waals surface area (Å²) in [4.78, 5) is 6.61. The molecule has 0 amide bonds. The van der Waals surface area contributed by atoms with Gasteiger partial charge in [-0.05, 0) is 43.0 Å². The van der Waals surface area contributed by atoms with Gasteiger partial charge >= 0.3 is 0 Å². The number of aromatic nitrogens is 1. The van der Waals surface area contributed by atoms with Crippen molar-refractivity contribution >= 4 is 0 Å². The van der Waals surface area contributed by atoms with Crippen molar-refractivity contribution in [2.45, 2.75) is 31.8 Å². The standard InChI is InChI=1S/C15H25N3O/c1-3-14(16)15(13-4-7-17-8-5-13)18-9-6-12(10-18)11-19-2/h4-5,7-8,12,14-15H,3,6,9-11,16H2,1-2H3. The Morgan fingerprint density at radius 3 is 2.84 bits per heavy atom. The van der Waals surface area contributed by atoms with Crippen molar-refractivity contribution in [3.63, 3.8) is 0 Å². The molecule has 2 heterocycles. The summed E-state index contributed by atoms with van der Waals surface area (Å²) < 4.78 is 5.28. The molecule has 0 spiro atoms. The zero-order valence-electron chi connectivity index (χ0n) is 12.0. The van der Waals surface area contributed by atoms with Gasteiger partial charge in [-0.25, -0.2) is 0 Å². The van der Waals surface area contributed by atoms with Gasteiger partial charge in [0.1, 0.15) is 0 Å². The Bertz CT molecular complexity index is 371. The van der Waals surface area contributed by atoms with Crippen LogP contribution in [0.15, 0.2) is 24.5 Å². The van der Waals surface area contributed by atoms with Crippen LogP contribution in [-0.2, 0) is 4.74 Å². The Morgan fingerprint density at radius 2 is 2.21 bits per heavy atom. The number of hydrogen-bond acceptors (Lipinski definition) is 4. The van der Waals surface area contributed by atoms with Crippen molar-refractivity contribution in [1.29, 1.82) is 0 Å². The Morgan fingerprint density at radius 1 is 1.47 bits per heavy atom. The van der Waals surface area contributed by atoms with Crippen molar-refractivity contribution in [2.24, 2.45) is 11.7 Å². The van der Waals surface area contributed by atoms with E-state index in [9.17, 15) is 0 Å². The largest absolute Gasteiger partial charge is 0.384 e. The van der Waals surface area contributed by atoms with Crippen LogP contribution in [0.4, 0.5) is 0 Å². The summed E-state index contributed by atoms with van der Waals surface area (Å²) in [6.45, 7) is 5.19. The second-order valence-electron chi connectivity index (χ2n) is 5.40. The lowest BCUT2D eigenvalue weighted by atomic mass is 9.97. The van der Waals surface area contributed by atoms with Gasteiger partial charge in [0, 0.05) is 38.1 Å². The van der Waals surface area contributed by atoms with Crippen molar-refractivity contribution in [3.8, 4) is 0 Å². The van der Waals surface area contributed by atoms with Crippen LogP contribution in [0.1, 0.15) is 31.4 Å². The van der Waals surface area contributed by atoms with E-state index < -0.39 is 0 Å². The van der Waals surface area contributed by atoms with Crippen molar-refractivity contribution in [1.82, 2.24) is 9.88 Å². The van der Waals surface area contributed by atoms with Crippen molar-refractivity contribution < 1.29 is 4.74 Å². The second-order valence-corrected chi connectivity index (χ2v) is 5.40. The van der Waals surface area contributed by atoms with Gasteiger partial charge in [0.05, 0.1) is 6.61 Å². The van der Waals surface area contributed by atoms with Crippen LogP contribution < -0.4 is 5.73 Å². The van der Waals surface area contributed by atoms with Crippen LogP contribution in [0.5, 0.6) is 0 Å². The average Bonchev–Trinajstić information content (AvgIpc) is 2.89. The van der Waals surface area contributed by atoms with E-state index in [1.54, 1.807) is 7.11 Å². The molecule has 1 aliphatic rings. The van der Waals surface area contributed by atoms with Gasteiger partial charge in [0.25, 0.3) is 0 Å². The normalized spacial score (nSPS) is 23.4. The zero-order valence-corrected chi connectivity index (χ0v) is 12.0. The maximum absolute atomic E-state index is 6.36. The first-order chi connectivity index (χ1) is 9.26. The molecule has 0 bridgehead atoms. The zero-order chi connectivity index (χ0) is 13.7. The third-order valence-corrected chi connectivity index (χ3v) is 4.04. The fourth-order valence-electron chi connectivity index (χ4n) is 3.00. The summed E-state index contributed by atoms with van der Waals surface area (Å²) in [5, 5.41) is 0. The first kappa shape index (κ1) is 14.4. The van der Waals surface area contributed by atoms with Crippen LogP contribution in [0, 0.1) is 5.92 Å². The number of hydrogen-bond donors (Lipinski definition) is 1. The minimum absolute atomic E-state index is 0.170. The summed E-state index contributed by atoms with van der Waals surface area (Å²) in [6.07, 6.45) is 5.89. The van der Waals surface area contributed by atoms with E-state index in [0.29, 0.717) is 12.0 Å². The van der Waals surface area contributed by atoms with Crippen molar-refractivity contribution in [3.05, 3.63) is 30.1 Å². The average molecular weight is 263 g/mol. The molecule has 1 fully saturated rings. The molecule has 1 saturated heterocycles. The fourth-order valence-corrected chi connectivity index (χ4v) is 3.00. The maximum Gasteiger partial charge on any atom is 0.0503 e. The fraction of sp³-hybridized carbons (Fsp3) is 0.667. The molecule has 4 heteroatoms. The molecular formula is C15H25N3O. The summed E-state index contributed by atoms with van der Waals surface area (Å²) in [6, 6.07) is 4.65. The predicted octanol–water partition coefficient (Wildman–Crippen LogP) is 1.83. The number of methoxy groups -OCH3 is 1. The first-order valence-electron chi connectivity index (χ1n) is 7.14. The number of rotatable bonds is 6. The third-order valence-electron chi connectivity index (χ3n) is 4.04. The molecular weight excluding hydrogens is 238 g/mol. The molecule has 4 nitrogen and oxygen atoms in total. The molecule has 0 radical (unpaired) electrons. The third kappa shape index (κ3) is 3.53. The number of ether oxygens (including phenoxy) is 1. The summed E-state index contributed by atoms with van der Waals surface area (Å²) >= 11 is 0. The predicted molar refractivity (Wildman–Crippen MR) is 76.8 cm³/mol. The maximum atomic E-state index is 6.36. The van der Waals surface area contributed by atoms with Gasteiger partial charge in [-0.2, -0.15) is 0 Å². The van der Waals surface area contributed by atoms with Crippen LogP contribution in [-0.4, -0.2) is 42.7 Å². The van der Waals surface area contributed by atoms with Gasteiger partial charge in [-0.1, -0.05) is 6.92 Å². The summed E-state index contributed by atoms with van der Waals surface area (Å²) in [7, 11) is 1.78. The van der Waals surface area contributed by atoms with E-state index in [2.05, 4.69) is 28.9 Å². The number of nitrogens with two attached hydrogens (primary N) is 1. The molecule has 1 aromatic heterocycles. The molecule has 0 saturated carbocycles. The number of pyridine rings is 1. The van der Waals surface area contributed by atoms with E-state index in [-0.39, 0.29) is 6.04 Å². The lowest BCUT2D eigenvalue weighted by molar-refractivity contribution is 0.142. The Kier molecular flexibility index (Phi) is 5.31. The molecule has 1 aliphatic heterocycles. The van der Waals surface area contributed by atoms with Crippen molar-refractivity contribution in [2.75, 3.05) is 26.8 Å². The minimum atomic E-state index is 0.170. The molecule has 2 N–H and O–H groups in total. The monoisotopic (exact) mass is 263 g/mol. The topological polar surface area (TPSA) is 51.4 Å². The molecule has 0 aromatic carbocycles. The van der Waals surface area contributed by atoms with E-state index in [0.717, 1.165) is 26.1 Å². The summed E-state index contributed by atoms with van der Waals surface area (Å²) in [5.41, 5.74) is 7.64. The van der Waals surface area contributed by atoms with Gasteiger partial charge in [-0.15, -0.1) is 0 Å². The Balaban J connectivity index is 2.11.